The standard InChI is InChI=1S/C29H25F3N4O3/c30-29(31,32)22-4-1-18(2-5-22)21-14-35(15-21)13-17-9-10-33-24(11-17)19-3-6-23-20(12-19)16-36(28(23)39)25-7-8-26(37)34-27(25)38/h1-6,9-12,21,25H,7-8,13-16H2,(H,34,37,38). The summed E-state index contributed by atoms with van der Waals surface area (Å²) in [5, 5.41) is 2.31. The van der Waals surface area contributed by atoms with Crippen molar-refractivity contribution >= 4 is 17.7 Å². The number of alkyl halides is 3. The second kappa shape index (κ2) is 9.60. The Balaban J connectivity index is 1.10. The molecule has 0 aliphatic carbocycles. The minimum Gasteiger partial charge on any atom is -0.322 e. The van der Waals surface area contributed by atoms with Gasteiger partial charge in [-0.25, -0.2) is 0 Å². The number of halogens is 3. The number of imide groups is 1. The van der Waals surface area contributed by atoms with Crippen molar-refractivity contribution in [3.05, 3.63) is 88.6 Å². The van der Waals surface area contributed by atoms with Crippen LogP contribution in [0.15, 0.2) is 60.8 Å². The molecule has 10 heteroatoms. The summed E-state index contributed by atoms with van der Waals surface area (Å²) in [5.74, 6) is -0.765. The summed E-state index contributed by atoms with van der Waals surface area (Å²) < 4.78 is 38.5. The molecule has 1 atom stereocenters. The molecule has 6 rings (SSSR count). The maximum absolute atomic E-state index is 13.0. The van der Waals surface area contributed by atoms with Crippen molar-refractivity contribution in [2.45, 2.75) is 44.1 Å². The van der Waals surface area contributed by atoms with E-state index in [9.17, 15) is 27.6 Å². The van der Waals surface area contributed by atoms with E-state index >= 15 is 0 Å². The number of fused-ring (bicyclic) bond motifs is 1. The van der Waals surface area contributed by atoms with Crippen LogP contribution in [-0.2, 0) is 28.9 Å². The number of amides is 3. The minimum atomic E-state index is -4.33. The van der Waals surface area contributed by atoms with Crippen molar-refractivity contribution in [1.29, 1.82) is 0 Å². The lowest BCUT2D eigenvalue weighted by Gasteiger charge is -2.39. The maximum Gasteiger partial charge on any atom is 0.416 e. The number of carbonyl (C=O) groups is 3. The zero-order valence-electron chi connectivity index (χ0n) is 20.9. The van der Waals surface area contributed by atoms with Crippen LogP contribution >= 0.6 is 0 Å². The number of piperidine rings is 1. The zero-order valence-corrected chi connectivity index (χ0v) is 20.9. The minimum absolute atomic E-state index is 0.204. The first-order chi connectivity index (χ1) is 18.7. The van der Waals surface area contributed by atoms with Crippen molar-refractivity contribution in [3.8, 4) is 11.3 Å². The largest absolute Gasteiger partial charge is 0.416 e. The van der Waals surface area contributed by atoms with Gasteiger partial charge in [0.15, 0.2) is 0 Å². The molecule has 3 amide bonds. The molecule has 2 saturated heterocycles. The topological polar surface area (TPSA) is 82.6 Å². The number of rotatable bonds is 5. The van der Waals surface area contributed by atoms with E-state index in [1.807, 2.05) is 24.3 Å². The molecule has 0 spiro atoms. The monoisotopic (exact) mass is 534 g/mol. The molecular formula is C29H25F3N4O3. The number of likely N-dealkylation sites (tertiary alicyclic amines) is 1. The first-order valence-electron chi connectivity index (χ1n) is 12.8. The molecule has 200 valence electrons. The highest BCUT2D eigenvalue weighted by Crippen LogP contribution is 2.34. The van der Waals surface area contributed by atoms with Gasteiger partial charge in [0.2, 0.25) is 11.8 Å². The molecule has 0 saturated carbocycles. The predicted molar refractivity (Wildman–Crippen MR) is 135 cm³/mol. The van der Waals surface area contributed by atoms with Gasteiger partial charge in [-0.3, -0.25) is 29.6 Å². The number of benzene rings is 2. The van der Waals surface area contributed by atoms with Gasteiger partial charge in [-0.15, -0.1) is 0 Å². The Labute approximate surface area is 222 Å². The number of carbonyl (C=O) groups excluding carboxylic acids is 3. The fourth-order valence-electron chi connectivity index (χ4n) is 5.58. The first-order valence-corrected chi connectivity index (χ1v) is 12.8. The van der Waals surface area contributed by atoms with E-state index in [0.29, 0.717) is 25.1 Å². The average molecular weight is 535 g/mol. The van der Waals surface area contributed by atoms with Crippen molar-refractivity contribution in [2.75, 3.05) is 13.1 Å². The third-order valence-corrected chi connectivity index (χ3v) is 7.72. The molecule has 1 N–H and O–H groups in total. The first kappa shape index (κ1) is 25.2. The number of aromatic nitrogens is 1. The number of nitrogens with zero attached hydrogens (tertiary/aromatic N) is 3. The molecule has 3 aliphatic heterocycles. The van der Waals surface area contributed by atoms with E-state index in [1.165, 1.54) is 4.90 Å². The van der Waals surface area contributed by atoms with Crippen molar-refractivity contribution in [1.82, 2.24) is 20.1 Å². The lowest BCUT2D eigenvalue weighted by Crippen LogP contribution is -2.52. The van der Waals surface area contributed by atoms with E-state index in [4.69, 9.17) is 0 Å². The van der Waals surface area contributed by atoms with Crippen LogP contribution in [0.1, 0.15) is 51.4 Å². The molecule has 39 heavy (non-hydrogen) atoms. The highest BCUT2D eigenvalue weighted by molar-refractivity contribution is 6.05. The van der Waals surface area contributed by atoms with E-state index in [2.05, 4.69) is 15.2 Å². The second-order valence-electron chi connectivity index (χ2n) is 10.3. The van der Waals surface area contributed by atoms with E-state index < -0.39 is 23.7 Å². The van der Waals surface area contributed by atoms with E-state index in [0.717, 1.165) is 53.2 Å². The summed E-state index contributed by atoms with van der Waals surface area (Å²) in [6.45, 7) is 2.52. The molecule has 1 aromatic heterocycles. The normalized spacial score (nSPS) is 20.1. The zero-order chi connectivity index (χ0) is 27.3. The fraction of sp³-hybridized carbons (Fsp3) is 0.310. The molecule has 2 aromatic carbocycles. The molecule has 3 aromatic rings. The molecule has 4 heterocycles. The van der Waals surface area contributed by atoms with Gasteiger partial charge in [-0.2, -0.15) is 13.2 Å². The third-order valence-electron chi connectivity index (χ3n) is 7.72. The number of pyridine rings is 1. The lowest BCUT2D eigenvalue weighted by molar-refractivity contribution is -0.138. The maximum atomic E-state index is 13.0. The highest BCUT2D eigenvalue weighted by atomic mass is 19.4. The van der Waals surface area contributed by atoms with Crippen molar-refractivity contribution < 1.29 is 27.6 Å². The van der Waals surface area contributed by atoms with Crippen LogP contribution in [0.25, 0.3) is 11.3 Å². The number of nitrogens with one attached hydrogen (secondary N) is 1. The molecule has 0 bridgehead atoms. The third kappa shape index (κ3) is 4.92. The van der Waals surface area contributed by atoms with Crippen LogP contribution in [0, 0.1) is 0 Å². The van der Waals surface area contributed by atoms with Gasteiger partial charge < -0.3 is 4.90 Å². The second-order valence-corrected chi connectivity index (χ2v) is 10.3. The molecule has 0 radical (unpaired) electrons. The summed E-state index contributed by atoms with van der Waals surface area (Å²) in [6.07, 6.45) is -2.06. The van der Waals surface area contributed by atoms with E-state index in [1.54, 1.807) is 24.4 Å². The summed E-state index contributed by atoms with van der Waals surface area (Å²) in [6, 6.07) is 14.2. The van der Waals surface area contributed by atoms with Crippen LogP contribution in [0.2, 0.25) is 0 Å². The van der Waals surface area contributed by atoms with Gasteiger partial charge in [0.25, 0.3) is 5.91 Å². The summed E-state index contributed by atoms with van der Waals surface area (Å²) in [4.78, 5) is 45.0. The summed E-state index contributed by atoms with van der Waals surface area (Å²) >= 11 is 0. The predicted octanol–water partition coefficient (Wildman–Crippen LogP) is 4.13. The van der Waals surface area contributed by atoms with Crippen LogP contribution in [0.3, 0.4) is 0 Å². The fourth-order valence-corrected chi connectivity index (χ4v) is 5.58. The van der Waals surface area contributed by atoms with Gasteiger partial charge in [-0.1, -0.05) is 18.2 Å². The Kier molecular flexibility index (Phi) is 6.22. The Morgan fingerprint density at radius 1 is 0.974 bits per heavy atom. The molecule has 7 nitrogen and oxygen atoms in total. The molecule has 2 fully saturated rings. The Morgan fingerprint density at radius 3 is 2.46 bits per heavy atom. The summed E-state index contributed by atoms with van der Waals surface area (Å²) in [7, 11) is 0. The Hall–Kier alpha value is -4.05. The van der Waals surface area contributed by atoms with Gasteiger partial charge in [-0.05, 0) is 59.5 Å². The van der Waals surface area contributed by atoms with Crippen molar-refractivity contribution in [2.24, 2.45) is 0 Å². The smallest absolute Gasteiger partial charge is 0.322 e. The average Bonchev–Trinajstić information content (AvgIpc) is 3.21. The van der Waals surface area contributed by atoms with Crippen LogP contribution in [0.5, 0.6) is 0 Å². The SMILES string of the molecule is O=C1CCC(N2Cc3cc(-c4cc(CN5CC(c6ccc(C(F)(F)F)cc6)C5)ccn4)ccc3C2=O)C(=O)N1. The van der Waals surface area contributed by atoms with Gasteiger partial charge in [0, 0.05) is 55.8 Å². The van der Waals surface area contributed by atoms with Crippen LogP contribution in [-0.4, -0.2) is 51.6 Å². The Bertz CT molecular complexity index is 1470. The van der Waals surface area contributed by atoms with Gasteiger partial charge in [0.1, 0.15) is 6.04 Å². The van der Waals surface area contributed by atoms with Crippen LogP contribution in [0.4, 0.5) is 13.2 Å². The van der Waals surface area contributed by atoms with Crippen LogP contribution < -0.4 is 5.32 Å². The van der Waals surface area contributed by atoms with Gasteiger partial charge >= 0.3 is 6.18 Å². The van der Waals surface area contributed by atoms with Gasteiger partial charge in [0.05, 0.1) is 11.3 Å². The highest BCUT2D eigenvalue weighted by Gasteiger charge is 2.39. The molecule has 3 aliphatic rings. The van der Waals surface area contributed by atoms with Crippen molar-refractivity contribution in [3.63, 3.8) is 0 Å². The summed E-state index contributed by atoms with van der Waals surface area (Å²) in [5.41, 5.74) is 4.33. The Morgan fingerprint density at radius 2 is 1.74 bits per heavy atom. The number of hydrogen-bond acceptors (Lipinski definition) is 5. The molecule has 1 unspecified atom stereocenters. The molecular weight excluding hydrogens is 509 g/mol. The lowest BCUT2D eigenvalue weighted by atomic mass is 9.90. The van der Waals surface area contributed by atoms with E-state index in [-0.39, 0.29) is 24.2 Å². The number of hydrogen-bond donors (Lipinski definition) is 1. The quantitative estimate of drug-likeness (QED) is 0.498.